The Kier molecular flexibility index (Phi) is 3.84. The van der Waals surface area contributed by atoms with E-state index in [1.54, 1.807) is 11.3 Å². The SMILES string of the molecule is CCc1cc2c(OC(C)CC)nc(Cl)nc2s1. The zero-order chi connectivity index (χ0) is 12.4. The number of aryl methyl sites for hydroxylation is 1. The van der Waals surface area contributed by atoms with Crippen LogP contribution in [0.1, 0.15) is 32.1 Å². The Hall–Kier alpha value is -0.870. The Balaban J connectivity index is 2.48. The van der Waals surface area contributed by atoms with Gasteiger partial charge in [0.1, 0.15) is 4.83 Å². The highest BCUT2D eigenvalue weighted by molar-refractivity contribution is 7.18. The minimum absolute atomic E-state index is 0.133. The first-order chi connectivity index (χ1) is 8.13. The van der Waals surface area contributed by atoms with Crippen LogP contribution in [0.4, 0.5) is 0 Å². The predicted octanol–water partition coefficient (Wildman–Crippen LogP) is 4.08. The number of aromatic nitrogens is 2. The van der Waals surface area contributed by atoms with Crippen molar-refractivity contribution in [1.29, 1.82) is 0 Å². The third kappa shape index (κ3) is 2.69. The molecule has 0 radical (unpaired) electrons. The van der Waals surface area contributed by atoms with Crippen LogP contribution < -0.4 is 4.74 Å². The average molecular weight is 271 g/mol. The largest absolute Gasteiger partial charge is 0.474 e. The van der Waals surface area contributed by atoms with E-state index in [9.17, 15) is 0 Å². The van der Waals surface area contributed by atoms with Crippen LogP contribution in [0.5, 0.6) is 5.88 Å². The zero-order valence-corrected chi connectivity index (χ0v) is 11.7. The van der Waals surface area contributed by atoms with Crippen LogP contribution in [0.15, 0.2) is 6.07 Å². The number of hydrogen-bond acceptors (Lipinski definition) is 4. The summed E-state index contributed by atoms with van der Waals surface area (Å²) in [5, 5.41) is 1.22. The standard InChI is InChI=1S/C12H15ClN2OS/c1-4-7(3)16-10-9-6-8(5-2)17-11(9)15-12(13)14-10/h6-7H,4-5H2,1-3H3. The molecule has 3 nitrogen and oxygen atoms in total. The van der Waals surface area contributed by atoms with Crippen LogP contribution in [0.2, 0.25) is 5.28 Å². The van der Waals surface area contributed by atoms with E-state index in [1.165, 1.54) is 4.88 Å². The smallest absolute Gasteiger partial charge is 0.227 e. The van der Waals surface area contributed by atoms with E-state index in [0.29, 0.717) is 5.88 Å². The van der Waals surface area contributed by atoms with E-state index in [2.05, 4.69) is 29.9 Å². The van der Waals surface area contributed by atoms with E-state index >= 15 is 0 Å². The molecule has 2 aromatic heterocycles. The lowest BCUT2D eigenvalue weighted by Gasteiger charge is -2.11. The second-order valence-electron chi connectivity index (χ2n) is 3.92. The van der Waals surface area contributed by atoms with Crippen molar-refractivity contribution in [2.45, 2.75) is 39.7 Å². The maximum absolute atomic E-state index is 5.91. The van der Waals surface area contributed by atoms with Crippen LogP contribution in [-0.2, 0) is 6.42 Å². The quantitative estimate of drug-likeness (QED) is 0.785. The molecule has 92 valence electrons. The zero-order valence-electron chi connectivity index (χ0n) is 10.2. The summed E-state index contributed by atoms with van der Waals surface area (Å²) in [6.45, 7) is 6.22. The number of nitrogens with zero attached hydrogens (tertiary/aromatic N) is 2. The maximum atomic E-state index is 5.91. The summed E-state index contributed by atoms with van der Waals surface area (Å²) >= 11 is 7.55. The summed E-state index contributed by atoms with van der Waals surface area (Å²) in [4.78, 5) is 10.6. The number of halogens is 1. The summed E-state index contributed by atoms with van der Waals surface area (Å²) in [7, 11) is 0. The van der Waals surface area contributed by atoms with Gasteiger partial charge in [-0.25, -0.2) is 4.98 Å². The topological polar surface area (TPSA) is 35.0 Å². The molecule has 0 aliphatic rings. The van der Waals surface area contributed by atoms with Crippen molar-refractivity contribution < 1.29 is 4.74 Å². The van der Waals surface area contributed by atoms with E-state index in [0.717, 1.165) is 23.1 Å². The third-order valence-corrected chi connectivity index (χ3v) is 3.96. The predicted molar refractivity (Wildman–Crippen MR) is 72.2 cm³/mol. The van der Waals surface area contributed by atoms with Gasteiger partial charge in [-0.05, 0) is 37.4 Å². The van der Waals surface area contributed by atoms with Gasteiger partial charge in [-0.3, -0.25) is 0 Å². The van der Waals surface area contributed by atoms with E-state index in [-0.39, 0.29) is 11.4 Å². The van der Waals surface area contributed by atoms with E-state index < -0.39 is 0 Å². The van der Waals surface area contributed by atoms with Crippen LogP contribution in [-0.4, -0.2) is 16.1 Å². The number of hydrogen-bond donors (Lipinski definition) is 0. The van der Waals surface area contributed by atoms with Gasteiger partial charge in [-0.1, -0.05) is 13.8 Å². The molecule has 1 unspecified atom stereocenters. The van der Waals surface area contributed by atoms with Gasteiger partial charge in [0.05, 0.1) is 11.5 Å². The third-order valence-electron chi connectivity index (χ3n) is 2.62. The second-order valence-corrected chi connectivity index (χ2v) is 5.37. The van der Waals surface area contributed by atoms with Crippen molar-refractivity contribution in [3.05, 3.63) is 16.2 Å². The summed E-state index contributed by atoms with van der Waals surface area (Å²) < 4.78 is 5.79. The monoisotopic (exact) mass is 270 g/mol. The highest BCUT2D eigenvalue weighted by atomic mass is 35.5. The Morgan fingerprint density at radius 1 is 1.41 bits per heavy atom. The van der Waals surface area contributed by atoms with Crippen molar-refractivity contribution in [3.63, 3.8) is 0 Å². The highest BCUT2D eigenvalue weighted by Gasteiger charge is 2.13. The van der Waals surface area contributed by atoms with Gasteiger partial charge in [0.2, 0.25) is 11.2 Å². The summed E-state index contributed by atoms with van der Waals surface area (Å²) in [5.41, 5.74) is 0. The van der Waals surface area contributed by atoms with Crippen molar-refractivity contribution in [2.24, 2.45) is 0 Å². The van der Waals surface area contributed by atoms with Crippen LogP contribution in [0, 0.1) is 0 Å². The van der Waals surface area contributed by atoms with Gasteiger partial charge in [0.15, 0.2) is 0 Å². The van der Waals surface area contributed by atoms with Crippen molar-refractivity contribution in [2.75, 3.05) is 0 Å². The molecule has 0 bridgehead atoms. The maximum Gasteiger partial charge on any atom is 0.227 e. The van der Waals surface area contributed by atoms with Crippen LogP contribution in [0.3, 0.4) is 0 Å². The Morgan fingerprint density at radius 3 is 2.82 bits per heavy atom. The molecule has 0 N–H and O–H groups in total. The number of ether oxygens (including phenoxy) is 1. The molecule has 0 fully saturated rings. The van der Waals surface area contributed by atoms with Gasteiger partial charge in [-0.15, -0.1) is 11.3 Å². The van der Waals surface area contributed by atoms with Crippen LogP contribution in [0.25, 0.3) is 10.2 Å². The first-order valence-electron chi connectivity index (χ1n) is 5.76. The lowest BCUT2D eigenvalue weighted by Crippen LogP contribution is -2.11. The Labute approximate surface area is 110 Å². The summed E-state index contributed by atoms with van der Waals surface area (Å²) in [5.74, 6) is 0.602. The molecular weight excluding hydrogens is 256 g/mol. The second kappa shape index (κ2) is 5.19. The van der Waals surface area contributed by atoms with Crippen molar-refractivity contribution in [1.82, 2.24) is 9.97 Å². The molecule has 2 rings (SSSR count). The fourth-order valence-electron chi connectivity index (χ4n) is 1.46. The van der Waals surface area contributed by atoms with Gasteiger partial charge in [0.25, 0.3) is 0 Å². The van der Waals surface area contributed by atoms with Crippen LogP contribution >= 0.6 is 22.9 Å². The van der Waals surface area contributed by atoms with Gasteiger partial charge in [-0.2, -0.15) is 4.98 Å². The molecule has 0 amide bonds. The molecule has 2 aromatic rings. The highest BCUT2D eigenvalue weighted by Crippen LogP contribution is 2.32. The van der Waals surface area contributed by atoms with Crippen molar-refractivity contribution in [3.8, 4) is 5.88 Å². The molecule has 0 saturated heterocycles. The number of fused-ring (bicyclic) bond motifs is 1. The fourth-order valence-corrected chi connectivity index (χ4v) is 2.63. The first-order valence-corrected chi connectivity index (χ1v) is 6.96. The lowest BCUT2D eigenvalue weighted by atomic mass is 10.3. The number of thiophene rings is 1. The molecule has 5 heteroatoms. The molecule has 2 heterocycles. The lowest BCUT2D eigenvalue weighted by molar-refractivity contribution is 0.211. The summed E-state index contributed by atoms with van der Waals surface area (Å²) in [6.07, 6.45) is 2.06. The molecule has 0 spiro atoms. The fraction of sp³-hybridized carbons (Fsp3) is 0.500. The molecule has 0 aromatic carbocycles. The van der Waals surface area contributed by atoms with Crippen molar-refractivity contribution >= 4 is 33.2 Å². The van der Waals surface area contributed by atoms with Gasteiger partial charge >= 0.3 is 0 Å². The Bertz CT molecular complexity index is 526. The minimum Gasteiger partial charge on any atom is -0.474 e. The molecule has 1 atom stereocenters. The number of rotatable bonds is 4. The molecule has 0 aliphatic heterocycles. The van der Waals surface area contributed by atoms with Gasteiger partial charge in [0, 0.05) is 4.88 Å². The minimum atomic E-state index is 0.133. The van der Waals surface area contributed by atoms with Gasteiger partial charge < -0.3 is 4.74 Å². The average Bonchev–Trinajstić information content (AvgIpc) is 2.71. The van der Waals surface area contributed by atoms with E-state index in [1.807, 2.05) is 6.92 Å². The van der Waals surface area contributed by atoms with E-state index in [4.69, 9.17) is 16.3 Å². The normalized spacial score (nSPS) is 12.9. The summed E-state index contributed by atoms with van der Waals surface area (Å²) in [6, 6.07) is 2.09. The molecule has 0 saturated carbocycles. The molecule has 0 aliphatic carbocycles. The Morgan fingerprint density at radius 2 is 2.18 bits per heavy atom. The first kappa shape index (κ1) is 12.6. The molecule has 17 heavy (non-hydrogen) atoms. The molecular formula is C12H15ClN2OS.